The van der Waals surface area contributed by atoms with Crippen molar-refractivity contribution in [1.29, 1.82) is 0 Å². The fraction of sp³-hybridized carbons (Fsp3) is 0.375. The molecule has 4 amide bonds. The Labute approximate surface area is 154 Å². The number of carboxylic acid groups (broad SMARTS) is 1. The molecule has 0 aliphatic rings. The fourth-order valence-corrected chi connectivity index (χ4v) is 1.98. The molecule has 146 valence electrons. The number of aliphatic carboxylic acids is 1. The Morgan fingerprint density at radius 3 is 2.30 bits per heavy atom. The number of nitrogens with zero attached hydrogens (tertiary/aromatic N) is 1. The number of carbonyl (C=O) groups is 5. The highest BCUT2D eigenvalue weighted by atomic mass is 16.4. The van der Waals surface area contributed by atoms with Crippen LogP contribution < -0.4 is 21.7 Å². The zero-order valence-electron chi connectivity index (χ0n) is 14.6. The largest absolute Gasteiger partial charge is 0.480 e. The van der Waals surface area contributed by atoms with Crippen molar-refractivity contribution >= 4 is 29.6 Å². The second kappa shape index (κ2) is 10.5. The van der Waals surface area contributed by atoms with Gasteiger partial charge in [-0.1, -0.05) is 0 Å². The van der Waals surface area contributed by atoms with Crippen molar-refractivity contribution in [3.63, 3.8) is 0 Å². The summed E-state index contributed by atoms with van der Waals surface area (Å²) in [5.74, 6) is -4.15. The summed E-state index contributed by atoms with van der Waals surface area (Å²) in [6, 6.07) is 0.757. The number of nitrogens with two attached hydrogens (primary N) is 1. The van der Waals surface area contributed by atoms with Gasteiger partial charge in [0.15, 0.2) is 0 Å². The number of aromatic nitrogens is 1. The van der Waals surface area contributed by atoms with E-state index >= 15 is 0 Å². The summed E-state index contributed by atoms with van der Waals surface area (Å²) in [6.07, 6.45) is 2.57. The topological polar surface area (TPSA) is 181 Å². The highest BCUT2D eigenvalue weighted by molar-refractivity contribution is 5.93. The van der Waals surface area contributed by atoms with E-state index < -0.39 is 42.2 Å². The molecule has 0 aliphatic carbocycles. The molecule has 1 aromatic heterocycles. The monoisotopic (exact) mass is 379 g/mol. The van der Waals surface area contributed by atoms with Crippen LogP contribution >= 0.6 is 0 Å². The molecule has 27 heavy (non-hydrogen) atoms. The summed E-state index contributed by atoms with van der Waals surface area (Å²) in [6.45, 7) is 0.973. The SMILES string of the molecule is C[C@H](NC(=O)CNC(=O)Cc1ccncc1)C(=O)N[C@@H](CC(N)=O)C(=O)O. The van der Waals surface area contributed by atoms with Gasteiger partial charge in [0.2, 0.25) is 23.6 Å². The van der Waals surface area contributed by atoms with E-state index in [1.807, 2.05) is 0 Å². The van der Waals surface area contributed by atoms with Gasteiger partial charge >= 0.3 is 5.97 Å². The average molecular weight is 379 g/mol. The summed E-state index contributed by atoms with van der Waals surface area (Å²) < 4.78 is 0. The maximum absolute atomic E-state index is 11.9. The van der Waals surface area contributed by atoms with Gasteiger partial charge in [0.1, 0.15) is 12.1 Å². The molecule has 0 saturated heterocycles. The van der Waals surface area contributed by atoms with Crippen LogP contribution in [0.15, 0.2) is 24.5 Å². The lowest BCUT2D eigenvalue weighted by atomic mass is 10.2. The first-order valence-electron chi connectivity index (χ1n) is 7.95. The Bertz CT molecular complexity index is 709. The van der Waals surface area contributed by atoms with Crippen molar-refractivity contribution in [2.45, 2.75) is 31.8 Å². The molecule has 0 fully saturated rings. The Hall–Kier alpha value is -3.50. The lowest BCUT2D eigenvalue weighted by molar-refractivity contribution is -0.143. The summed E-state index contributed by atoms with van der Waals surface area (Å²) in [4.78, 5) is 61.1. The van der Waals surface area contributed by atoms with E-state index in [1.54, 1.807) is 12.1 Å². The maximum Gasteiger partial charge on any atom is 0.326 e. The minimum Gasteiger partial charge on any atom is -0.480 e. The van der Waals surface area contributed by atoms with E-state index in [4.69, 9.17) is 10.8 Å². The molecule has 1 heterocycles. The second-order valence-corrected chi connectivity index (χ2v) is 5.67. The third-order valence-electron chi connectivity index (χ3n) is 3.35. The van der Waals surface area contributed by atoms with Crippen LogP contribution in [0, 0.1) is 0 Å². The molecule has 0 bridgehead atoms. The first kappa shape index (κ1) is 21.5. The van der Waals surface area contributed by atoms with Crippen LogP contribution in [0.2, 0.25) is 0 Å². The number of primary amides is 1. The Balaban J connectivity index is 2.41. The molecule has 0 radical (unpaired) electrons. The summed E-state index contributed by atoms with van der Waals surface area (Å²) >= 11 is 0. The third-order valence-corrected chi connectivity index (χ3v) is 3.35. The smallest absolute Gasteiger partial charge is 0.326 e. The van der Waals surface area contributed by atoms with E-state index in [-0.39, 0.29) is 18.9 Å². The zero-order valence-corrected chi connectivity index (χ0v) is 14.6. The number of rotatable bonds is 10. The van der Waals surface area contributed by atoms with Crippen LogP contribution in [0.25, 0.3) is 0 Å². The van der Waals surface area contributed by atoms with Gasteiger partial charge in [-0.2, -0.15) is 0 Å². The Kier molecular flexibility index (Phi) is 8.36. The number of hydrogen-bond donors (Lipinski definition) is 5. The highest BCUT2D eigenvalue weighted by Gasteiger charge is 2.25. The first-order chi connectivity index (χ1) is 12.7. The van der Waals surface area contributed by atoms with Crippen molar-refractivity contribution in [2.24, 2.45) is 5.73 Å². The molecule has 1 rings (SSSR count). The molecule has 0 aromatic carbocycles. The standard InChI is InChI=1S/C16H21N5O6/c1-9(15(25)21-11(16(26)27)7-12(17)22)20-14(24)8-19-13(23)6-10-2-4-18-5-3-10/h2-5,9,11H,6-8H2,1H3,(H2,17,22)(H,19,23)(H,20,24)(H,21,25)(H,26,27)/t9-,11-/m0/s1. The van der Waals surface area contributed by atoms with Gasteiger partial charge in [0, 0.05) is 12.4 Å². The third kappa shape index (κ3) is 8.43. The number of carbonyl (C=O) groups excluding carboxylic acids is 4. The molecule has 11 heteroatoms. The van der Waals surface area contributed by atoms with Crippen LogP contribution in [-0.2, 0) is 30.4 Å². The van der Waals surface area contributed by atoms with Crippen LogP contribution in [0.3, 0.4) is 0 Å². The summed E-state index contributed by atoms with van der Waals surface area (Å²) in [7, 11) is 0. The van der Waals surface area contributed by atoms with E-state index in [0.717, 1.165) is 5.56 Å². The lowest BCUT2D eigenvalue weighted by Crippen LogP contribution is -2.52. The van der Waals surface area contributed by atoms with Gasteiger partial charge in [0.25, 0.3) is 0 Å². The van der Waals surface area contributed by atoms with Gasteiger partial charge in [-0.3, -0.25) is 24.2 Å². The highest BCUT2D eigenvalue weighted by Crippen LogP contribution is 1.97. The predicted molar refractivity (Wildman–Crippen MR) is 91.9 cm³/mol. The minimum atomic E-state index is -1.49. The fourth-order valence-electron chi connectivity index (χ4n) is 1.98. The van der Waals surface area contributed by atoms with Crippen molar-refractivity contribution in [2.75, 3.05) is 6.54 Å². The maximum atomic E-state index is 11.9. The van der Waals surface area contributed by atoms with Crippen molar-refractivity contribution in [1.82, 2.24) is 20.9 Å². The van der Waals surface area contributed by atoms with E-state index in [0.29, 0.717) is 0 Å². The molecule has 0 aliphatic heterocycles. The normalized spacial score (nSPS) is 12.3. The molecular weight excluding hydrogens is 358 g/mol. The minimum absolute atomic E-state index is 0.0687. The van der Waals surface area contributed by atoms with E-state index in [1.165, 1.54) is 19.3 Å². The number of nitrogens with one attached hydrogen (secondary N) is 3. The van der Waals surface area contributed by atoms with Crippen LogP contribution in [-0.4, -0.2) is 58.3 Å². The molecule has 0 saturated carbocycles. The van der Waals surface area contributed by atoms with Gasteiger partial charge in [-0.25, -0.2) is 4.79 Å². The van der Waals surface area contributed by atoms with Gasteiger partial charge in [-0.15, -0.1) is 0 Å². The van der Waals surface area contributed by atoms with Gasteiger partial charge < -0.3 is 26.8 Å². The molecule has 6 N–H and O–H groups in total. The number of carboxylic acids is 1. The zero-order chi connectivity index (χ0) is 20.4. The van der Waals surface area contributed by atoms with Gasteiger partial charge in [-0.05, 0) is 24.6 Å². The Morgan fingerprint density at radius 2 is 1.74 bits per heavy atom. The van der Waals surface area contributed by atoms with Gasteiger partial charge in [0.05, 0.1) is 19.4 Å². The Morgan fingerprint density at radius 1 is 1.11 bits per heavy atom. The van der Waals surface area contributed by atoms with Crippen molar-refractivity contribution in [3.8, 4) is 0 Å². The van der Waals surface area contributed by atoms with Crippen LogP contribution in [0.5, 0.6) is 0 Å². The lowest BCUT2D eigenvalue weighted by Gasteiger charge is -2.18. The quantitative estimate of drug-likeness (QED) is 0.303. The number of hydrogen-bond acceptors (Lipinski definition) is 6. The summed E-state index contributed by atoms with van der Waals surface area (Å²) in [5, 5.41) is 15.8. The molecule has 0 unspecified atom stereocenters. The molecule has 0 spiro atoms. The summed E-state index contributed by atoms with van der Waals surface area (Å²) in [5.41, 5.74) is 5.65. The predicted octanol–water partition coefficient (Wildman–Crippen LogP) is -2.31. The number of amides is 4. The van der Waals surface area contributed by atoms with E-state index in [9.17, 15) is 24.0 Å². The number of pyridine rings is 1. The van der Waals surface area contributed by atoms with Crippen LogP contribution in [0.4, 0.5) is 0 Å². The molecule has 11 nitrogen and oxygen atoms in total. The first-order valence-corrected chi connectivity index (χ1v) is 7.95. The van der Waals surface area contributed by atoms with Crippen molar-refractivity contribution < 1.29 is 29.1 Å². The van der Waals surface area contributed by atoms with Crippen molar-refractivity contribution in [3.05, 3.63) is 30.1 Å². The van der Waals surface area contributed by atoms with Crippen LogP contribution in [0.1, 0.15) is 18.9 Å². The van der Waals surface area contributed by atoms with E-state index in [2.05, 4.69) is 20.9 Å². The molecule has 1 aromatic rings. The second-order valence-electron chi connectivity index (χ2n) is 5.67. The average Bonchev–Trinajstić information content (AvgIpc) is 2.59. The molecule has 2 atom stereocenters. The molecular formula is C16H21N5O6.